The van der Waals surface area contributed by atoms with Gasteiger partial charge in [0, 0.05) is 18.7 Å². The number of hydrogen-bond acceptors (Lipinski definition) is 5. The van der Waals surface area contributed by atoms with Gasteiger partial charge in [0.05, 0.1) is 11.4 Å². The maximum atomic E-state index is 10.5. The molecule has 1 heterocycles. The Morgan fingerprint density at radius 1 is 1.64 bits per heavy atom. The Bertz CT molecular complexity index is 360. The molecule has 1 rings (SSSR count). The van der Waals surface area contributed by atoms with E-state index < -0.39 is 10.1 Å². The van der Waals surface area contributed by atoms with Gasteiger partial charge >= 0.3 is 0 Å². The molecule has 0 amide bonds. The Hall–Kier alpha value is -0.990. The molecule has 0 saturated carbocycles. The lowest BCUT2D eigenvalue weighted by atomic mass is 10.0. The fraction of sp³-hybridized carbons (Fsp3) is 0.667. The molecule has 0 aliphatic rings. The summed E-state index contributed by atoms with van der Waals surface area (Å²) in [6.07, 6.45) is 1.80. The number of rotatable bonds is 5. The summed E-state index contributed by atoms with van der Waals surface area (Å²) in [5, 5.41) is 9.73. The van der Waals surface area contributed by atoms with Crippen molar-refractivity contribution in [3.63, 3.8) is 0 Å². The topological polar surface area (TPSA) is 122 Å². The largest absolute Gasteiger partial charge is 0.330 e. The molecule has 0 aliphatic heterocycles. The van der Waals surface area contributed by atoms with Crippen molar-refractivity contribution in [3.8, 4) is 0 Å². The van der Waals surface area contributed by atoms with E-state index in [-0.39, 0.29) is 24.6 Å². The van der Waals surface area contributed by atoms with Crippen LogP contribution in [0.5, 0.6) is 0 Å². The Labute approximate surface area is 81.4 Å². The second kappa shape index (κ2) is 4.49. The predicted molar refractivity (Wildman–Crippen MR) is 49.2 cm³/mol. The van der Waals surface area contributed by atoms with E-state index in [9.17, 15) is 8.42 Å². The minimum Gasteiger partial charge on any atom is -0.330 e. The van der Waals surface area contributed by atoms with E-state index in [0.717, 1.165) is 0 Å². The van der Waals surface area contributed by atoms with E-state index in [2.05, 4.69) is 15.4 Å². The van der Waals surface area contributed by atoms with Crippen LogP contribution in [-0.2, 0) is 10.1 Å². The van der Waals surface area contributed by atoms with Gasteiger partial charge in [0.1, 0.15) is 0 Å². The van der Waals surface area contributed by atoms with Crippen LogP contribution in [0.15, 0.2) is 6.20 Å². The zero-order valence-corrected chi connectivity index (χ0v) is 8.24. The van der Waals surface area contributed by atoms with Gasteiger partial charge in [0.25, 0.3) is 10.1 Å². The summed E-state index contributed by atoms with van der Waals surface area (Å²) in [4.78, 5) is 0. The van der Waals surface area contributed by atoms with E-state index in [1.807, 2.05) is 0 Å². The molecule has 0 fully saturated rings. The number of nitrogens with one attached hydrogen (secondary N) is 1. The van der Waals surface area contributed by atoms with Gasteiger partial charge < -0.3 is 5.73 Å². The SMILES string of the molecule is NCC(CCS(=O)(=O)O)c1c[nH]nn1. The molecule has 14 heavy (non-hydrogen) atoms. The highest BCUT2D eigenvalue weighted by Gasteiger charge is 2.15. The third-order valence-electron chi connectivity index (χ3n) is 1.86. The molecule has 8 heteroatoms. The summed E-state index contributed by atoms with van der Waals surface area (Å²) in [6, 6.07) is 0. The summed E-state index contributed by atoms with van der Waals surface area (Å²) < 4.78 is 29.5. The Balaban J connectivity index is 2.57. The molecule has 7 nitrogen and oxygen atoms in total. The number of hydrogen-bond donors (Lipinski definition) is 3. The number of aromatic nitrogens is 3. The Morgan fingerprint density at radius 2 is 2.36 bits per heavy atom. The molecule has 0 aliphatic carbocycles. The van der Waals surface area contributed by atoms with Crippen LogP contribution in [0.1, 0.15) is 18.0 Å². The lowest BCUT2D eigenvalue weighted by Gasteiger charge is -2.09. The summed E-state index contributed by atoms with van der Waals surface area (Å²) >= 11 is 0. The standard InChI is InChI=1S/C6H12N4O3S/c7-3-5(1-2-14(11,12)13)6-4-8-10-9-6/h4-5H,1-3,7H2,(H,8,9,10)(H,11,12,13). The fourth-order valence-corrected chi connectivity index (χ4v) is 1.67. The first kappa shape index (κ1) is 11.1. The highest BCUT2D eigenvalue weighted by Crippen LogP contribution is 2.15. The third-order valence-corrected chi connectivity index (χ3v) is 2.61. The molecule has 1 unspecified atom stereocenters. The van der Waals surface area contributed by atoms with E-state index in [0.29, 0.717) is 5.69 Å². The molecule has 0 radical (unpaired) electrons. The lowest BCUT2D eigenvalue weighted by molar-refractivity contribution is 0.477. The van der Waals surface area contributed by atoms with Crippen LogP contribution in [0.2, 0.25) is 0 Å². The monoisotopic (exact) mass is 220 g/mol. The molecule has 1 aromatic heterocycles. The van der Waals surface area contributed by atoms with E-state index in [4.69, 9.17) is 10.3 Å². The van der Waals surface area contributed by atoms with Crippen molar-refractivity contribution in [1.82, 2.24) is 15.4 Å². The van der Waals surface area contributed by atoms with E-state index >= 15 is 0 Å². The summed E-state index contributed by atoms with van der Waals surface area (Å²) in [7, 11) is -3.93. The van der Waals surface area contributed by atoms with Crippen molar-refractivity contribution in [3.05, 3.63) is 11.9 Å². The predicted octanol–water partition coefficient (Wildman–Crippen LogP) is -0.875. The van der Waals surface area contributed by atoms with Crippen LogP contribution in [0.3, 0.4) is 0 Å². The van der Waals surface area contributed by atoms with Crippen LogP contribution in [0.25, 0.3) is 0 Å². The van der Waals surface area contributed by atoms with Gasteiger partial charge in [-0.2, -0.15) is 8.42 Å². The van der Waals surface area contributed by atoms with Gasteiger partial charge in [-0.15, -0.1) is 5.10 Å². The van der Waals surface area contributed by atoms with Crippen molar-refractivity contribution >= 4 is 10.1 Å². The highest BCUT2D eigenvalue weighted by molar-refractivity contribution is 7.85. The molecule has 0 saturated heterocycles. The van der Waals surface area contributed by atoms with Crippen molar-refractivity contribution in [2.75, 3.05) is 12.3 Å². The molecule has 1 atom stereocenters. The van der Waals surface area contributed by atoms with Crippen LogP contribution in [0, 0.1) is 0 Å². The molecule has 0 aromatic carbocycles. The number of nitrogens with zero attached hydrogens (tertiary/aromatic N) is 2. The lowest BCUT2D eigenvalue weighted by Crippen LogP contribution is -2.17. The van der Waals surface area contributed by atoms with Crippen LogP contribution in [-0.4, -0.2) is 40.7 Å². The smallest absolute Gasteiger partial charge is 0.264 e. The second-order valence-electron chi connectivity index (χ2n) is 2.91. The third kappa shape index (κ3) is 3.40. The van der Waals surface area contributed by atoms with Gasteiger partial charge in [-0.05, 0) is 6.42 Å². The van der Waals surface area contributed by atoms with Crippen molar-refractivity contribution in [2.45, 2.75) is 12.3 Å². The van der Waals surface area contributed by atoms with E-state index in [1.165, 1.54) is 0 Å². The van der Waals surface area contributed by atoms with Gasteiger partial charge in [-0.1, -0.05) is 5.21 Å². The average Bonchev–Trinajstić information content (AvgIpc) is 2.56. The van der Waals surface area contributed by atoms with Crippen LogP contribution in [0.4, 0.5) is 0 Å². The van der Waals surface area contributed by atoms with Crippen LogP contribution >= 0.6 is 0 Å². The number of nitrogens with two attached hydrogens (primary N) is 1. The Kier molecular flexibility index (Phi) is 3.55. The van der Waals surface area contributed by atoms with Gasteiger partial charge in [0.15, 0.2) is 0 Å². The maximum absolute atomic E-state index is 10.5. The van der Waals surface area contributed by atoms with Gasteiger partial charge in [0.2, 0.25) is 0 Å². The van der Waals surface area contributed by atoms with E-state index in [1.54, 1.807) is 6.20 Å². The van der Waals surface area contributed by atoms with Crippen LogP contribution < -0.4 is 5.73 Å². The average molecular weight is 220 g/mol. The molecule has 4 N–H and O–H groups in total. The number of H-pyrrole nitrogens is 1. The highest BCUT2D eigenvalue weighted by atomic mass is 32.2. The molecule has 80 valence electrons. The molecular formula is C6H12N4O3S. The minimum absolute atomic E-state index is 0.198. The first-order valence-electron chi connectivity index (χ1n) is 4.04. The molecule has 0 bridgehead atoms. The fourth-order valence-electron chi connectivity index (χ4n) is 1.09. The second-order valence-corrected chi connectivity index (χ2v) is 4.48. The molecular weight excluding hydrogens is 208 g/mol. The molecule has 1 aromatic rings. The van der Waals surface area contributed by atoms with Crippen molar-refractivity contribution < 1.29 is 13.0 Å². The normalized spacial score (nSPS) is 14.1. The van der Waals surface area contributed by atoms with Gasteiger partial charge in [-0.25, -0.2) is 0 Å². The number of aromatic amines is 1. The first-order chi connectivity index (χ1) is 6.53. The minimum atomic E-state index is -3.93. The van der Waals surface area contributed by atoms with Crippen molar-refractivity contribution in [2.24, 2.45) is 5.73 Å². The quantitative estimate of drug-likeness (QED) is 0.554. The maximum Gasteiger partial charge on any atom is 0.264 e. The summed E-state index contributed by atoms with van der Waals surface area (Å²) in [5.41, 5.74) is 6.04. The summed E-state index contributed by atoms with van der Waals surface area (Å²) in [6.45, 7) is 0.266. The zero-order chi connectivity index (χ0) is 10.6. The van der Waals surface area contributed by atoms with Crippen molar-refractivity contribution in [1.29, 1.82) is 0 Å². The first-order valence-corrected chi connectivity index (χ1v) is 5.65. The zero-order valence-electron chi connectivity index (χ0n) is 7.42. The summed E-state index contributed by atoms with van der Waals surface area (Å²) in [5.74, 6) is -0.516. The Morgan fingerprint density at radius 3 is 2.79 bits per heavy atom. The molecule has 0 spiro atoms. The van der Waals surface area contributed by atoms with Gasteiger partial charge in [-0.3, -0.25) is 9.65 Å².